The van der Waals surface area contributed by atoms with Crippen LogP contribution in [0.5, 0.6) is 11.5 Å². The van der Waals surface area contributed by atoms with Crippen molar-refractivity contribution in [3.63, 3.8) is 0 Å². The molecule has 2 aromatic carbocycles. The molecule has 0 radical (unpaired) electrons. The van der Waals surface area contributed by atoms with Crippen LogP contribution < -0.4 is 14.8 Å². The number of ether oxygens (including phenoxy) is 3. The standard InChI is InChI=1S/C26H32N2O5/c1-4-6-17-32-18-11-16-28-25(29)23(19-12-7-9-14-21(19)31-3)24(26(28)30)27-20-13-8-10-15-22(20)33-5-2/h7-10,12-15,27H,4-6,11,16-18H2,1-3H3. The molecule has 0 aromatic heterocycles. The number of methoxy groups -OCH3 is 1. The molecule has 0 spiro atoms. The Morgan fingerprint density at radius 1 is 0.879 bits per heavy atom. The predicted molar refractivity (Wildman–Crippen MR) is 128 cm³/mol. The normalized spacial score (nSPS) is 13.6. The molecular weight excluding hydrogens is 420 g/mol. The number of benzene rings is 2. The Morgan fingerprint density at radius 2 is 1.58 bits per heavy atom. The van der Waals surface area contributed by atoms with Gasteiger partial charge in [0.1, 0.15) is 17.2 Å². The van der Waals surface area contributed by atoms with Gasteiger partial charge >= 0.3 is 0 Å². The smallest absolute Gasteiger partial charge is 0.278 e. The van der Waals surface area contributed by atoms with E-state index in [0.29, 0.717) is 49.0 Å². The summed E-state index contributed by atoms with van der Waals surface area (Å²) in [5, 5.41) is 3.18. The molecule has 0 atom stereocenters. The summed E-state index contributed by atoms with van der Waals surface area (Å²) in [6.45, 7) is 5.94. The van der Waals surface area contributed by atoms with Crippen LogP contribution >= 0.6 is 0 Å². The lowest BCUT2D eigenvalue weighted by Gasteiger charge is -2.16. The first-order valence-electron chi connectivity index (χ1n) is 11.4. The summed E-state index contributed by atoms with van der Waals surface area (Å²) in [6.07, 6.45) is 2.63. The molecule has 0 saturated carbocycles. The lowest BCUT2D eigenvalue weighted by Crippen LogP contribution is -2.34. The molecular formula is C26H32N2O5. The van der Waals surface area contributed by atoms with Crippen molar-refractivity contribution in [2.24, 2.45) is 0 Å². The highest BCUT2D eigenvalue weighted by molar-refractivity contribution is 6.37. The van der Waals surface area contributed by atoms with Gasteiger partial charge in [-0.1, -0.05) is 43.7 Å². The Labute approximate surface area is 195 Å². The van der Waals surface area contributed by atoms with E-state index in [1.54, 1.807) is 19.2 Å². The first-order valence-corrected chi connectivity index (χ1v) is 11.4. The molecule has 1 aliphatic rings. The van der Waals surface area contributed by atoms with Gasteiger partial charge < -0.3 is 19.5 Å². The Bertz CT molecular complexity index is 1000. The minimum absolute atomic E-state index is 0.212. The van der Waals surface area contributed by atoms with Crippen molar-refractivity contribution in [3.8, 4) is 11.5 Å². The second-order valence-electron chi connectivity index (χ2n) is 7.59. The van der Waals surface area contributed by atoms with Gasteiger partial charge in [0.15, 0.2) is 0 Å². The molecule has 1 heterocycles. The number of amides is 2. The Balaban J connectivity index is 1.91. The monoisotopic (exact) mass is 452 g/mol. The van der Waals surface area contributed by atoms with E-state index in [1.165, 1.54) is 4.90 Å². The van der Waals surface area contributed by atoms with Crippen molar-refractivity contribution in [1.82, 2.24) is 4.90 Å². The second-order valence-corrected chi connectivity index (χ2v) is 7.59. The number of unbranched alkanes of at least 4 members (excludes halogenated alkanes) is 1. The van der Waals surface area contributed by atoms with E-state index < -0.39 is 0 Å². The van der Waals surface area contributed by atoms with Crippen LogP contribution in [-0.4, -0.2) is 50.2 Å². The van der Waals surface area contributed by atoms with Crippen molar-refractivity contribution >= 4 is 23.1 Å². The molecule has 1 aliphatic heterocycles. The Hall–Kier alpha value is -3.32. The maximum Gasteiger partial charge on any atom is 0.278 e. The summed E-state index contributed by atoms with van der Waals surface area (Å²) in [5.74, 6) is 0.404. The van der Waals surface area contributed by atoms with Crippen LogP contribution in [0.1, 0.15) is 38.7 Å². The molecule has 7 nitrogen and oxygen atoms in total. The van der Waals surface area contributed by atoms with Crippen molar-refractivity contribution < 1.29 is 23.8 Å². The van der Waals surface area contributed by atoms with Gasteiger partial charge in [-0.2, -0.15) is 0 Å². The van der Waals surface area contributed by atoms with Gasteiger partial charge in [0.2, 0.25) is 0 Å². The fraction of sp³-hybridized carbons (Fsp3) is 0.385. The van der Waals surface area contributed by atoms with Crippen molar-refractivity contribution in [1.29, 1.82) is 0 Å². The van der Waals surface area contributed by atoms with Crippen molar-refractivity contribution in [2.75, 3.05) is 38.8 Å². The molecule has 33 heavy (non-hydrogen) atoms. The molecule has 3 rings (SSSR count). The summed E-state index contributed by atoms with van der Waals surface area (Å²) in [7, 11) is 1.55. The average Bonchev–Trinajstić information content (AvgIpc) is 3.06. The number of carbonyl (C=O) groups excluding carboxylic acids is 2. The summed E-state index contributed by atoms with van der Waals surface area (Å²) in [4.78, 5) is 28.1. The summed E-state index contributed by atoms with van der Waals surface area (Å²) in [5.41, 5.74) is 1.68. The minimum Gasteiger partial charge on any atom is -0.496 e. The fourth-order valence-electron chi connectivity index (χ4n) is 3.66. The third-order valence-electron chi connectivity index (χ3n) is 5.30. The number of para-hydroxylation sites is 3. The zero-order chi connectivity index (χ0) is 23.6. The highest BCUT2D eigenvalue weighted by Gasteiger charge is 2.40. The van der Waals surface area contributed by atoms with Gasteiger partial charge in [-0.3, -0.25) is 14.5 Å². The third-order valence-corrected chi connectivity index (χ3v) is 5.30. The molecule has 7 heteroatoms. The van der Waals surface area contributed by atoms with Crippen molar-refractivity contribution in [2.45, 2.75) is 33.1 Å². The quantitative estimate of drug-likeness (QED) is 0.356. The number of imide groups is 1. The number of hydrogen-bond acceptors (Lipinski definition) is 6. The predicted octanol–water partition coefficient (Wildman–Crippen LogP) is 4.49. The number of carbonyl (C=O) groups is 2. The van der Waals surface area contributed by atoms with E-state index in [0.717, 1.165) is 12.8 Å². The van der Waals surface area contributed by atoms with Gasteiger partial charge in [-0.05, 0) is 38.0 Å². The second kappa shape index (κ2) is 12.1. The van der Waals surface area contributed by atoms with E-state index in [9.17, 15) is 9.59 Å². The zero-order valence-corrected chi connectivity index (χ0v) is 19.6. The van der Waals surface area contributed by atoms with Crippen LogP contribution in [0.2, 0.25) is 0 Å². The zero-order valence-electron chi connectivity index (χ0n) is 19.6. The molecule has 0 fully saturated rings. The van der Waals surface area contributed by atoms with Crippen LogP contribution in [-0.2, 0) is 14.3 Å². The maximum atomic E-state index is 13.4. The summed E-state index contributed by atoms with van der Waals surface area (Å²) < 4.78 is 16.8. The first kappa shape index (κ1) is 24.3. The topological polar surface area (TPSA) is 77.1 Å². The van der Waals surface area contributed by atoms with Crippen molar-refractivity contribution in [3.05, 3.63) is 59.8 Å². The van der Waals surface area contributed by atoms with Gasteiger partial charge in [0.05, 0.1) is 25.0 Å². The van der Waals surface area contributed by atoms with Crippen LogP contribution in [0, 0.1) is 0 Å². The molecule has 0 bridgehead atoms. The molecule has 0 saturated heterocycles. The van der Waals surface area contributed by atoms with E-state index in [4.69, 9.17) is 14.2 Å². The van der Waals surface area contributed by atoms with Crippen LogP contribution in [0.25, 0.3) is 5.57 Å². The fourth-order valence-corrected chi connectivity index (χ4v) is 3.66. The third kappa shape index (κ3) is 5.73. The van der Waals surface area contributed by atoms with E-state index in [1.807, 2.05) is 43.3 Å². The number of rotatable bonds is 13. The first-order chi connectivity index (χ1) is 16.1. The molecule has 2 amide bonds. The molecule has 176 valence electrons. The molecule has 0 unspecified atom stereocenters. The lowest BCUT2D eigenvalue weighted by atomic mass is 10.0. The van der Waals surface area contributed by atoms with Crippen LogP contribution in [0.15, 0.2) is 54.2 Å². The number of anilines is 1. The van der Waals surface area contributed by atoms with E-state index in [-0.39, 0.29) is 29.6 Å². The highest BCUT2D eigenvalue weighted by atomic mass is 16.5. The molecule has 0 aliphatic carbocycles. The maximum absolute atomic E-state index is 13.4. The Morgan fingerprint density at radius 3 is 2.30 bits per heavy atom. The van der Waals surface area contributed by atoms with Gasteiger partial charge in [0, 0.05) is 25.3 Å². The molecule has 2 aromatic rings. The summed E-state index contributed by atoms with van der Waals surface area (Å²) in [6, 6.07) is 14.6. The summed E-state index contributed by atoms with van der Waals surface area (Å²) >= 11 is 0. The highest BCUT2D eigenvalue weighted by Crippen LogP contribution is 2.36. The number of nitrogens with zero attached hydrogens (tertiary/aromatic N) is 1. The van der Waals surface area contributed by atoms with Gasteiger partial charge in [-0.15, -0.1) is 0 Å². The van der Waals surface area contributed by atoms with E-state index >= 15 is 0 Å². The van der Waals surface area contributed by atoms with Gasteiger partial charge in [0.25, 0.3) is 11.8 Å². The minimum atomic E-state index is -0.374. The van der Waals surface area contributed by atoms with E-state index in [2.05, 4.69) is 12.2 Å². The SMILES string of the molecule is CCCCOCCCN1C(=O)C(Nc2ccccc2OCC)=C(c2ccccc2OC)C1=O. The number of hydrogen-bond donors (Lipinski definition) is 1. The molecule has 1 N–H and O–H groups in total. The number of nitrogens with one attached hydrogen (secondary N) is 1. The average molecular weight is 453 g/mol. The lowest BCUT2D eigenvalue weighted by molar-refractivity contribution is -0.137. The Kier molecular flexibility index (Phi) is 8.89. The largest absolute Gasteiger partial charge is 0.496 e. The van der Waals surface area contributed by atoms with Crippen LogP contribution in [0.3, 0.4) is 0 Å². The van der Waals surface area contributed by atoms with Crippen LogP contribution in [0.4, 0.5) is 5.69 Å². The van der Waals surface area contributed by atoms with Gasteiger partial charge in [-0.25, -0.2) is 0 Å².